The first-order chi connectivity index (χ1) is 10.2. The van der Waals surface area contributed by atoms with Gasteiger partial charge in [-0.25, -0.2) is 0 Å². The molecular formula is C16H24N4O. The summed E-state index contributed by atoms with van der Waals surface area (Å²) in [5, 5.41) is 8.52. The van der Waals surface area contributed by atoms with Gasteiger partial charge in [0.05, 0.1) is 25.5 Å². The van der Waals surface area contributed by atoms with Crippen molar-refractivity contribution in [1.29, 1.82) is 0 Å². The highest BCUT2D eigenvalue weighted by Gasteiger charge is 2.43. The molecule has 114 valence electrons. The van der Waals surface area contributed by atoms with Crippen molar-refractivity contribution in [3.8, 4) is 0 Å². The Morgan fingerprint density at radius 1 is 1.19 bits per heavy atom. The summed E-state index contributed by atoms with van der Waals surface area (Å²) < 4.78 is 5.89. The van der Waals surface area contributed by atoms with Gasteiger partial charge in [0.15, 0.2) is 5.82 Å². The maximum Gasteiger partial charge on any atom is 0.154 e. The topological polar surface area (TPSA) is 41.5 Å². The average Bonchev–Trinajstić information content (AvgIpc) is 3.33. The maximum atomic E-state index is 5.89. The Morgan fingerprint density at radius 3 is 2.86 bits per heavy atom. The summed E-state index contributed by atoms with van der Waals surface area (Å²) in [7, 11) is 0. The molecule has 0 aromatic carbocycles. The van der Waals surface area contributed by atoms with Crippen molar-refractivity contribution in [1.82, 2.24) is 15.1 Å². The minimum absolute atomic E-state index is 0.514. The Kier molecular flexibility index (Phi) is 3.34. The Bertz CT molecular complexity index is 531. The van der Waals surface area contributed by atoms with Gasteiger partial charge in [-0.05, 0) is 43.7 Å². The van der Waals surface area contributed by atoms with Gasteiger partial charge in [-0.3, -0.25) is 4.90 Å². The van der Waals surface area contributed by atoms with E-state index in [1.807, 2.05) is 6.20 Å². The van der Waals surface area contributed by atoms with E-state index in [2.05, 4.69) is 33.8 Å². The van der Waals surface area contributed by atoms with E-state index in [0.717, 1.165) is 44.6 Å². The summed E-state index contributed by atoms with van der Waals surface area (Å²) in [6, 6.07) is 1.18. The van der Waals surface area contributed by atoms with Crippen LogP contribution in [0.3, 0.4) is 0 Å². The van der Waals surface area contributed by atoms with Gasteiger partial charge in [-0.2, -0.15) is 5.10 Å². The Hall–Kier alpha value is -1.20. The third kappa shape index (κ3) is 2.42. The highest BCUT2D eigenvalue weighted by molar-refractivity contribution is 5.48. The van der Waals surface area contributed by atoms with E-state index in [0.29, 0.717) is 12.1 Å². The predicted molar refractivity (Wildman–Crippen MR) is 81.5 cm³/mol. The summed E-state index contributed by atoms with van der Waals surface area (Å²) in [4.78, 5) is 5.10. The number of aryl methyl sites for hydroxylation is 1. The van der Waals surface area contributed by atoms with Gasteiger partial charge in [0.1, 0.15) is 0 Å². The minimum Gasteiger partial charge on any atom is -0.378 e. The fourth-order valence-corrected chi connectivity index (χ4v) is 3.77. The highest BCUT2D eigenvalue weighted by atomic mass is 16.5. The second-order valence-corrected chi connectivity index (χ2v) is 6.76. The number of nitrogens with zero attached hydrogens (tertiary/aromatic N) is 4. The Morgan fingerprint density at radius 2 is 2.05 bits per heavy atom. The molecule has 0 bridgehead atoms. The smallest absolute Gasteiger partial charge is 0.154 e. The fourth-order valence-electron chi connectivity index (χ4n) is 3.77. The van der Waals surface area contributed by atoms with Crippen LogP contribution in [0.15, 0.2) is 6.20 Å². The normalized spacial score (nSPS) is 30.3. The largest absolute Gasteiger partial charge is 0.378 e. The molecule has 0 unspecified atom stereocenters. The molecule has 3 heterocycles. The molecule has 4 rings (SSSR count). The summed E-state index contributed by atoms with van der Waals surface area (Å²) in [6.07, 6.45) is 4.63. The molecule has 1 saturated carbocycles. The predicted octanol–water partition coefficient (Wildman–Crippen LogP) is 1.39. The number of piperazine rings is 1. The van der Waals surface area contributed by atoms with Crippen LogP contribution < -0.4 is 4.90 Å². The fraction of sp³-hybridized carbons (Fsp3) is 0.750. The molecule has 1 aromatic heterocycles. The lowest BCUT2D eigenvalue weighted by atomic mass is 10.0. The number of fused-ring (bicyclic) bond motifs is 1. The number of hydrogen-bond donors (Lipinski definition) is 0. The highest BCUT2D eigenvalue weighted by Crippen LogP contribution is 2.38. The lowest BCUT2D eigenvalue weighted by Crippen LogP contribution is -2.62. The molecule has 0 amide bonds. The van der Waals surface area contributed by atoms with Gasteiger partial charge in [0, 0.05) is 25.7 Å². The van der Waals surface area contributed by atoms with Crippen LogP contribution >= 0.6 is 0 Å². The molecule has 0 N–H and O–H groups in total. The number of ether oxygens (including phenoxy) is 1. The van der Waals surface area contributed by atoms with E-state index in [4.69, 9.17) is 4.74 Å². The number of hydrogen-bond acceptors (Lipinski definition) is 5. The standard InChI is InChI=1S/C16H24N4O/c1-11-7-17-18-16(12(11)2)19-5-6-20-14(8-19)9-21-10-15(20)13-3-4-13/h7,13-15H,3-6,8-10H2,1-2H3/t14-,15-/m1/s1. The van der Waals surface area contributed by atoms with Gasteiger partial charge in [0.2, 0.25) is 0 Å². The van der Waals surface area contributed by atoms with Crippen molar-refractivity contribution in [2.24, 2.45) is 5.92 Å². The molecule has 21 heavy (non-hydrogen) atoms. The van der Waals surface area contributed by atoms with E-state index in [9.17, 15) is 0 Å². The molecule has 1 aromatic rings. The van der Waals surface area contributed by atoms with E-state index >= 15 is 0 Å². The second kappa shape index (κ2) is 5.21. The molecule has 3 fully saturated rings. The van der Waals surface area contributed by atoms with Gasteiger partial charge >= 0.3 is 0 Å². The molecule has 1 aliphatic carbocycles. The van der Waals surface area contributed by atoms with Crippen LogP contribution in [0.25, 0.3) is 0 Å². The molecule has 0 radical (unpaired) electrons. The Labute approximate surface area is 126 Å². The summed E-state index contributed by atoms with van der Waals surface area (Å²) in [5.41, 5.74) is 2.48. The van der Waals surface area contributed by atoms with Crippen molar-refractivity contribution in [2.75, 3.05) is 37.7 Å². The van der Waals surface area contributed by atoms with Crippen LogP contribution in [0.2, 0.25) is 0 Å². The molecule has 5 heteroatoms. The lowest BCUT2D eigenvalue weighted by Gasteiger charge is -2.48. The van der Waals surface area contributed by atoms with Gasteiger partial charge in [-0.15, -0.1) is 5.10 Å². The molecule has 5 nitrogen and oxygen atoms in total. The number of morpholine rings is 1. The average molecular weight is 288 g/mol. The molecular weight excluding hydrogens is 264 g/mol. The first kappa shape index (κ1) is 13.5. The van der Waals surface area contributed by atoms with Crippen LogP contribution in [0.4, 0.5) is 5.82 Å². The van der Waals surface area contributed by atoms with E-state index in [1.54, 1.807) is 0 Å². The van der Waals surface area contributed by atoms with Crippen LogP contribution in [0, 0.1) is 19.8 Å². The van der Waals surface area contributed by atoms with Crippen molar-refractivity contribution in [3.05, 3.63) is 17.3 Å². The monoisotopic (exact) mass is 288 g/mol. The molecule has 2 aliphatic heterocycles. The minimum atomic E-state index is 0.514. The second-order valence-electron chi connectivity index (χ2n) is 6.76. The zero-order valence-electron chi connectivity index (χ0n) is 13.0. The molecule has 2 saturated heterocycles. The number of aromatic nitrogens is 2. The zero-order chi connectivity index (χ0) is 14.4. The van der Waals surface area contributed by atoms with Gasteiger partial charge in [-0.1, -0.05) is 0 Å². The molecule has 3 aliphatic rings. The van der Waals surface area contributed by atoms with Crippen LogP contribution in [0.5, 0.6) is 0 Å². The first-order valence-electron chi connectivity index (χ1n) is 8.11. The van der Waals surface area contributed by atoms with E-state index < -0.39 is 0 Å². The van der Waals surface area contributed by atoms with Crippen LogP contribution in [-0.2, 0) is 4.74 Å². The van der Waals surface area contributed by atoms with E-state index in [1.165, 1.54) is 24.0 Å². The molecule has 2 atom stereocenters. The van der Waals surface area contributed by atoms with Gasteiger partial charge in [0.25, 0.3) is 0 Å². The number of rotatable bonds is 2. The number of anilines is 1. The van der Waals surface area contributed by atoms with Crippen molar-refractivity contribution < 1.29 is 4.74 Å². The Balaban J connectivity index is 1.52. The van der Waals surface area contributed by atoms with Crippen LogP contribution in [0.1, 0.15) is 24.0 Å². The van der Waals surface area contributed by atoms with E-state index in [-0.39, 0.29) is 0 Å². The summed E-state index contributed by atoms with van der Waals surface area (Å²) in [6.45, 7) is 9.25. The quantitative estimate of drug-likeness (QED) is 0.822. The van der Waals surface area contributed by atoms with Gasteiger partial charge < -0.3 is 9.64 Å². The first-order valence-corrected chi connectivity index (χ1v) is 8.11. The van der Waals surface area contributed by atoms with Crippen LogP contribution in [-0.4, -0.2) is 60.0 Å². The van der Waals surface area contributed by atoms with Crippen molar-refractivity contribution in [3.63, 3.8) is 0 Å². The molecule has 0 spiro atoms. The van der Waals surface area contributed by atoms with Crippen molar-refractivity contribution in [2.45, 2.75) is 38.8 Å². The third-order valence-electron chi connectivity index (χ3n) is 5.35. The zero-order valence-corrected chi connectivity index (χ0v) is 13.0. The van der Waals surface area contributed by atoms with Crippen molar-refractivity contribution >= 4 is 5.82 Å². The maximum absolute atomic E-state index is 5.89. The lowest BCUT2D eigenvalue weighted by molar-refractivity contribution is -0.0604. The SMILES string of the molecule is Cc1cnnc(N2CCN3[C@@H](COC[C@@H]3C3CC3)C2)c1C. The summed E-state index contributed by atoms with van der Waals surface area (Å²) >= 11 is 0. The third-order valence-corrected chi connectivity index (χ3v) is 5.35. The summed E-state index contributed by atoms with van der Waals surface area (Å²) in [5.74, 6) is 1.95.